The fourth-order valence-corrected chi connectivity index (χ4v) is 3.29. The summed E-state index contributed by atoms with van der Waals surface area (Å²) in [6.07, 6.45) is 4.63. The molecular weight excluding hydrogens is 306 g/mol. The molecule has 0 aromatic carbocycles. The van der Waals surface area contributed by atoms with E-state index in [2.05, 4.69) is 37.2 Å². The van der Waals surface area contributed by atoms with Gasteiger partial charge in [0.2, 0.25) is 5.91 Å². The first-order chi connectivity index (χ1) is 9.20. The minimum atomic E-state index is 0.226. The van der Waals surface area contributed by atoms with Gasteiger partial charge in [0.15, 0.2) is 0 Å². The Labute approximate surface area is 121 Å². The summed E-state index contributed by atoms with van der Waals surface area (Å²) < 4.78 is 1.02. The van der Waals surface area contributed by atoms with E-state index in [9.17, 15) is 4.79 Å². The molecule has 2 saturated heterocycles. The van der Waals surface area contributed by atoms with Crippen LogP contribution in [0.15, 0.2) is 22.8 Å². The molecule has 0 aliphatic carbocycles. The van der Waals surface area contributed by atoms with Gasteiger partial charge in [-0.3, -0.25) is 14.7 Å². The molecule has 2 fully saturated rings. The smallest absolute Gasteiger partial charge is 0.220 e. The molecule has 3 heterocycles. The Morgan fingerprint density at radius 1 is 1.42 bits per heavy atom. The van der Waals surface area contributed by atoms with E-state index in [1.807, 2.05) is 12.3 Å². The van der Waals surface area contributed by atoms with E-state index in [-0.39, 0.29) is 5.91 Å². The Hall–Kier alpha value is -0.940. The molecule has 0 spiro atoms. The quantitative estimate of drug-likeness (QED) is 0.904. The zero-order chi connectivity index (χ0) is 13.2. The van der Waals surface area contributed by atoms with Crippen LogP contribution in [0, 0.1) is 5.92 Å². The molecule has 0 saturated carbocycles. The molecule has 2 aliphatic heterocycles. The van der Waals surface area contributed by atoms with Crippen LogP contribution in [-0.4, -0.2) is 34.9 Å². The fourth-order valence-electron chi connectivity index (χ4n) is 3.06. The van der Waals surface area contributed by atoms with Gasteiger partial charge < -0.3 is 5.32 Å². The number of hydrogen-bond donors (Lipinski definition) is 1. The predicted octanol–water partition coefficient (Wildman–Crippen LogP) is 1.94. The van der Waals surface area contributed by atoms with Crippen molar-refractivity contribution in [2.75, 3.05) is 13.1 Å². The third-order valence-corrected chi connectivity index (χ3v) is 4.55. The highest BCUT2D eigenvalue weighted by Gasteiger charge is 2.33. The average Bonchev–Trinajstić information content (AvgIpc) is 2.42. The summed E-state index contributed by atoms with van der Waals surface area (Å²) in [6, 6.07) is 4.50. The van der Waals surface area contributed by atoms with Gasteiger partial charge in [-0.05, 0) is 46.8 Å². The van der Waals surface area contributed by atoms with Gasteiger partial charge >= 0.3 is 0 Å². The monoisotopic (exact) mass is 323 g/mol. The standard InChI is InChI=1S/C14H18BrN3O/c15-11-2-3-12(16-7-11)9-18-6-5-13-10(8-18)1-4-14(19)17-13/h2-3,7,10,13H,1,4-6,8-9H2,(H,17,19). The molecule has 102 valence electrons. The summed E-state index contributed by atoms with van der Waals surface area (Å²) >= 11 is 3.41. The van der Waals surface area contributed by atoms with Gasteiger partial charge in [0.05, 0.1) is 5.69 Å². The van der Waals surface area contributed by atoms with Crippen LogP contribution in [-0.2, 0) is 11.3 Å². The second-order valence-corrected chi connectivity index (χ2v) is 6.38. The Kier molecular flexibility index (Phi) is 3.84. The summed E-state index contributed by atoms with van der Waals surface area (Å²) in [6.45, 7) is 3.02. The first-order valence-electron chi connectivity index (χ1n) is 6.83. The number of aromatic nitrogens is 1. The van der Waals surface area contributed by atoms with Crippen molar-refractivity contribution in [3.63, 3.8) is 0 Å². The van der Waals surface area contributed by atoms with Crippen LogP contribution in [0.25, 0.3) is 0 Å². The first kappa shape index (κ1) is 13.1. The number of hydrogen-bond acceptors (Lipinski definition) is 3. The minimum absolute atomic E-state index is 0.226. The summed E-state index contributed by atoms with van der Waals surface area (Å²) in [5.74, 6) is 0.839. The molecule has 2 unspecified atom stereocenters. The highest BCUT2D eigenvalue weighted by atomic mass is 79.9. The van der Waals surface area contributed by atoms with Crippen molar-refractivity contribution >= 4 is 21.8 Å². The molecule has 3 rings (SSSR count). The van der Waals surface area contributed by atoms with Crippen molar-refractivity contribution in [2.45, 2.75) is 31.8 Å². The van der Waals surface area contributed by atoms with Gasteiger partial charge in [0.1, 0.15) is 0 Å². The van der Waals surface area contributed by atoms with Crippen LogP contribution in [0.4, 0.5) is 0 Å². The van der Waals surface area contributed by atoms with Crippen molar-refractivity contribution < 1.29 is 4.79 Å². The molecule has 2 aliphatic rings. The lowest BCUT2D eigenvalue weighted by Crippen LogP contribution is -2.53. The SMILES string of the molecule is O=C1CCC2CN(Cc3ccc(Br)cn3)CCC2N1. The molecular formula is C14H18BrN3O. The molecule has 1 aromatic heterocycles. The zero-order valence-electron chi connectivity index (χ0n) is 10.8. The first-order valence-corrected chi connectivity index (χ1v) is 7.62. The van der Waals surface area contributed by atoms with E-state index in [0.29, 0.717) is 18.4 Å². The Bertz CT molecular complexity index is 462. The lowest BCUT2D eigenvalue weighted by atomic mass is 9.85. The van der Waals surface area contributed by atoms with E-state index in [4.69, 9.17) is 0 Å². The van der Waals surface area contributed by atoms with Crippen LogP contribution < -0.4 is 5.32 Å². The van der Waals surface area contributed by atoms with Gasteiger partial charge in [-0.1, -0.05) is 0 Å². The van der Waals surface area contributed by atoms with Crippen molar-refractivity contribution in [3.05, 3.63) is 28.5 Å². The normalized spacial score (nSPS) is 27.7. The molecule has 1 N–H and O–H groups in total. The van der Waals surface area contributed by atoms with Crippen LogP contribution in [0.2, 0.25) is 0 Å². The number of likely N-dealkylation sites (tertiary alicyclic amines) is 1. The molecule has 0 radical (unpaired) electrons. The maximum Gasteiger partial charge on any atom is 0.220 e. The molecule has 1 amide bonds. The van der Waals surface area contributed by atoms with Crippen molar-refractivity contribution in [2.24, 2.45) is 5.92 Å². The highest BCUT2D eigenvalue weighted by molar-refractivity contribution is 9.10. The summed E-state index contributed by atoms with van der Waals surface area (Å²) in [5, 5.41) is 3.12. The lowest BCUT2D eigenvalue weighted by Gasteiger charge is -2.41. The van der Waals surface area contributed by atoms with Crippen molar-refractivity contribution in [1.82, 2.24) is 15.2 Å². The van der Waals surface area contributed by atoms with Gasteiger partial charge in [-0.2, -0.15) is 0 Å². The Morgan fingerprint density at radius 2 is 2.32 bits per heavy atom. The second kappa shape index (κ2) is 5.59. The topological polar surface area (TPSA) is 45.2 Å². The third kappa shape index (κ3) is 3.15. The number of nitrogens with zero attached hydrogens (tertiary/aromatic N) is 2. The number of amides is 1. The molecule has 0 bridgehead atoms. The number of pyridine rings is 1. The van der Waals surface area contributed by atoms with Crippen LogP contribution >= 0.6 is 15.9 Å². The van der Waals surface area contributed by atoms with E-state index >= 15 is 0 Å². The number of rotatable bonds is 2. The van der Waals surface area contributed by atoms with E-state index in [1.165, 1.54) is 0 Å². The van der Waals surface area contributed by atoms with Crippen LogP contribution in [0.3, 0.4) is 0 Å². The van der Waals surface area contributed by atoms with E-state index < -0.39 is 0 Å². The zero-order valence-corrected chi connectivity index (χ0v) is 12.4. The molecule has 2 atom stereocenters. The number of halogens is 1. The van der Waals surface area contributed by atoms with E-state index in [0.717, 1.165) is 42.6 Å². The summed E-state index contributed by atoms with van der Waals surface area (Å²) in [4.78, 5) is 18.3. The summed E-state index contributed by atoms with van der Waals surface area (Å²) in [5.41, 5.74) is 1.11. The molecule has 5 heteroatoms. The van der Waals surface area contributed by atoms with Gasteiger partial charge in [0, 0.05) is 42.8 Å². The lowest BCUT2D eigenvalue weighted by molar-refractivity contribution is -0.125. The van der Waals surface area contributed by atoms with Gasteiger partial charge in [-0.25, -0.2) is 0 Å². The number of carbonyl (C=O) groups excluding carboxylic acids is 1. The molecule has 1 aromatic rings. The third-order valence-electron chi connectivity index (χ3n) is 4.08. The van der Waals surface area contributed by atoms with Gasteiger partial charge in [-0.15, -0.1) is 0 Å². The Morgan fingerprint density at radius 3 is 3.11 bits per heavy atom. The molecule has 4 nitrogen and oxygen atoms in total. The fraction of sp³-hybridized carbons (Fsp3) is 0.571. The molecule has 19 heavy (non-hydrogen) atoms. The maximum absolute atomic E-state index is 11.4. The second-order valence-electron chi connectivity index (χ2n) is 5.46. The highest BCUT2D eigenvalue weighted by Crippen LogP contribution is 2.26. The predicted molar refractivity (Wildman–Crippen MR) is 76.5 cm³/mol. The number of fused-ring (bicyclic) bond motifs is 1. The largest absolute Gasteiger partial charge is 0.353 e. The van der Waals surface area contributed by atoms with E-state index in [1.54, 1.807) is 0 Å². The Balaban J connectivity index is 1.59. The van der Waals surface area contributed by atoms with Crippen molar-refractivity contribution in [1.29, 1.82) is 0 Å². The summed E-state index contributed by atoms with van der Waals surface area (Å²) in [7, 11) is 0. The van der Waals surface area contributed by atoms with Gasteiger partial charge in [0.25, 0.3) is 0 Å². The number of piperidine rings is 2. The number of nitrogens with one attached hydrogen (secondary N) is 1. The van der Waals surface area contributed by atoms with Crippen LogP contribution in [0.5, 0.6) is 0 Å². The average molecular weight is 324 g/mol. The van der Waals surface area contributed by atoms with Crippen molar-refractivity contribution in [3.8, 4) is 0 Å². The maximum atomic E-state index is 11.4. The number of carbonyl (C=O) groups is 1. The van der Waals surface area contributed by atoms with Crippen LogP contribution in [0.1, 0.15) is 25.0 Å². The minimum Gasteiger partial charge on any atom is -0.353 e.